The van der Waals surface area contributed by atoms with Gasteiger partial charge < -0.3 is 24.8 Å². The molecule has 2 aliphatic rings. The van der Waals surface area contributed by atoms with Crippen molar-refractivity contribution in [2.24, 2.45) is 17.8 Å². The van der Waals surface area contributed by atoms with Gasteiger partial charge in [0.05, 0.1) is 24.5 Å². The Morgan fingerprint density at radius 2 is 1.37 bits per heavy atom. The molecule has 2 N–H and O–H groups in total. The number of nitrogens with zero attached hydrogens (tertiary/aromatic N) is 2. The highest BCUT2D eigenvalue weighted by molar-refractivity contribution is 5.80. The van der Waals surface area contributed by atoms with E-state index in [0.29, 0.717) is 19.6 Å². The fraction of sp³-hybridized carbons (Fsp3) is 0.556. The largest absolute Gasteiger partial charge is 0.493 e. The van der Waals surface area contributed by atoms with Gasteiger partial charge in [-0.25, -0.2) is 0 Å². The molecule has 3 aromatic rings. The molecule has 0 radical (unpaired) electrons. The van der Waals surface area contributed by atoms with Gasteiger partial charge >= 0.3 is 0 Å². The minimum absolute atomic E-state index is 0.0292. The molecule has 2 aliphatic heterocycles. The molecule has 9 nitrogen and oxygen atoms in total. The summed E-state index contributed by atoms with van der Waals surface area (Å²) in [5, 5.41) is 5.60. The molecule has 5 rings (SSSR count). The maximum Gasteiger partial charge on any atom is 0.225 e. The highest BCUT2D eigenvalue weighted by Crippen LogP contribution is 2.35. The summed E-state index contributed by atoms with van der Waals surface area (Å²) < 4.78 is 19.0. The van der Waals surface area contributed by atoms with Crippen molar-refractivity contribution in [2.75, 3.05) is 46.9 Å². The van der Waals surface area contributed by atoms with Crippen LogP contribution in [0.2, 0.25) is 0 Å². The molecule has 3 aromatic carbocycles. The molecule has 2 fully saturated rings. The molecule has 0 bridgehead atoms. The van der Waals surface area contributed by atoms with Crippen LogP contribution in [0.25, 0.3) is 0 Å². The molecule has 2 amide bonds. The summed E-state index contributed by atoms with van der Waals surface area (Å²) >= 11 is 0. The quantitative estimate of drug-likeness (QED) is 0.118. The van der Waals surface area contributed by atoms with Gasteiger partial charge in [0.25, 0.3) is 0 Å². The summed E-state index contributed by atoms with van der Waals surface area (Å²) in [4.78, 5) is 29.2. The predicted octanol–water partition coefficient (Wildman–Crippen LogP) is 7.21. The molecular weight excluding hydrogens is 677 g/mol. The zero-order chi connectivity index (χ0) is 38.8. The van der Waals surface area contributed by atoms with Gasteiger partial charge in [-0.3, -0.25) is 19.4 Å². The molecule has 0 atom stereocenters. The van der Waals surface area contributed by atoms with Crippen LogP contribution in [0, 0.1) is 31.6 Å². The van der Waals surface area contributed by atoms with E-state index in [9.17, 15) is 9.59 Å². The number of amides is 2. The molecule has 0 aliphatic carbocycles. The number of nitrogens with one attached hydrogen (secondary N) is 2. The number of carbonyl (C=O) groups is 2. The molecule has 0 aromatic heterocycles. The number of aryl methyl sites for hydroxylation is 1. The lowest BCUT2D eigenvalue weighted by Gasteiger charge is -2.39. The van der Waals surface area contributed by atoms with E-state index in [-0.39, 0.29) is 29.8 Å². The zero-order valence-electron chi connectivity index (χ0n) is 34.1. The predicted molar refractivity (Wildman–Crippen MR) is 216 cm³/mol. The van der Waals surface area contributed by atoms with Crippen molar-refractivity contribution in [1.29, 1.82) is 0 Å². The molecule has 0 spiro atoms. The third-order valence-electron chi connectivity index (χ3n) is 10.8. The molecule has 0 unspecified atom stereocenters. The van der Waals surface area contributed by atoms with Crippen LogP contribution in [0.5, 0.6) is 17.2 Å². The van der Waals surface area contributed by atoms with Gasteiger partial charge in [-0.1, -0.05) is 57.4 Å². The molecule has 0 saturated carbocycles. The average Bonchev–Trinajstić information content (AvgIpc) is 3.11. The first kappa shape index (κ1) is 41.1. The van der Waals surface area contributed by atoms with Crippen LogP contribution < -0.4 is 24.8 Å². The van der Waals surface area contributed by atoms with Crippen LogP contribution >= 0.6 is 0 Å². The SMILES string of the molecule is CNC(=O)C1CN(Cc2ccc(OCCCCCC(C)C)c(Cc3c(C)c(OCc4ccc(OC(C)C)cc4)cc(C)c3CN3CC(C(=O)NC)C3)c2)C1. The Bertz CT molecular complexity index is 1690. The Morgan fingerprint density at radius 1 is 0.741 bits per heavy atom. The molecular formula is C45H64N4O5. The minimum atomic E-state index is 0.0292. The van der Waals surface area contributed by atoms with E-state index in [1.165, 1.54) is 35.1 Å². The number of carbonyl (C=O) groups excluding carboxylic acids is 2. The van der Waals surface area contributed by atoms with Crippen molar-refractivity contribution in [1.82, 2.24) is 20.4 Å². The lowest BCUT2D eigenvalue weighted by Crippen LogP contribution is -2.52. The monoisotopic (exact) mass is 740 g/mol. The van der Waals surface area contributed by atoms with Crippen molar-refractivity contribution < 1.29 is 23.8 Å². The summed E-state index contributed by atoms with van der Waals surface area (Å²) in [5.74, 6) is 3.69. The van der Waals surface area contributed by atoms with Gasteiger partial charge in [0, 0.05) is 59.8 Å². The van der Waals surface area contributed by atoms with E-state index in [0.717, 1.165) is 92.0 Å². The lowest BCUT2D eigenvalue weighted by atomic mass is 9.89. The lowest BCUT2D eigenvalue weighted by molar-refractivity contribution is -0.130. The van der Waals surface area contributed by atoms with Gasteiger partial charge in [-0.2, -0.15) is 0 Å². The first-order chi connectivity index (χ1) is 25.9. The average molecular weight is 741 g/mol. The van der Waals surface area contributed by atoms with Crippen LogP contribution in [0.4, 0.5) is 0 Å². The van der Waals surface area contributed by atoms with Gasteiger partial charge in [0.15, 0.2) is 0 Å². The maximum atomic E-state index is 12.3. The summed E-state index contributed by atoms with van der Waals surface area (Å²) in [6.45, 7) is 18.7. The van der Waals surface area contributed by atoms with E-state index in [2.05, 4.69) is 84.5 Å². The normalized spacial score (nSPS) is 15.2. The molecule has 54 heavy (non-hydrogen) atoms. The minimum Gasteiger partial charge on any atom is -0.493 e. The smallest absolute Gasteiger partial charge is 0.225 e. The van der Waals surface area contributed by atoms with Crippen molar-refractivity contribution in [3.8, 4) is 17.2 Å². The third kappa shape index (κ3) is 11.2. The number of unbranched alkanes of at least 4 members (excludes halogenated alkanes) is 2. The third-order valence-corrected chi connectivity index (χ3v) is 10.8. The Hall–Kier alpha value is -4.08. The van der Waals surface area contributed by atoms with Crippen LogP contribution in [-0.4, -0.2) is 74.6 Å². The summed E-state index contributed by atoms with van der Waals surface area (Å²) in [6, 6.07) is 16.9. The van der Waals surface area contributed by atoms with E-state index in [1.807, 2.05) is 26.0 Å². The van der Waals surface area contributed by atoms with E-state index in [4.69, 9.17) is 14.2 Å². The first-order valence-corrected chi connectivity index (χ1v) is 20.1. The van der Waals surface area contributed by atoms with E-state index < -0.39 is 0 Å². The number of hydrogen-bond donors (Lipinski definition) is 2. The molecule has 2 saturated heterocycles. The fourth-order valence-corrected chi connectivity index (χ4v) is 7.55. The van der Waals surface area contributed by atoms with Crippen molar-refractivity contribution in [2.45, 2.75) is 99.4 Å². The van der Waals surface area contributed by atoms with Gasteiger partial charge in [-0.15, -0.1) is 0 Å². The number of hydrogen-bond acceptors (Lipinski definition) is 7. The maximum absolute atomic E-state index is 12.3. The highest BCUT2D eigenvalue weighted by atomic mass is 16.5. The van der Waals surface area contributed by atoms with Crippen LogP contribution in [0.3, 0.4) is 0 Å². The van der Waals surface area contributed by atoms with Crippen LogP contribution in [0.15, 0.2) is 48.5 Å². The Morgan fingerprint density at radius 3 is 1.98 bits per heavy atom. The topological polar surface area (TPSA) is 92.4 Å². The van der Waals surface area contributed by atoms with E-state index >= 15 is 0 Å². The Balaban J connectivity index is 1.41. The molecule has 9 heteroatoms. The number of benzene rings is 3. The zero-order valence-corrected chi connectivity index (χ0v) is 34.1. The van der Waals surface area contributed by atoms with Crippen molar-refractivity contribution >= 4 is 11.8 Å². The second-order valence-corrected chi connectivity index (χ2v) is 16.1. The standard InChI is InChI=1S/C45H64N4O5/c1-30(2)12-10-9-11-19-52-42-18-15-35(23-48-24-37(25-48)44(50)46-7)21-36(42)22-40-33(6)43(53-29-34-13-16-39(17-14-34)54-31(3)4)20-32(5)41(40)28-49-26-38(27-49)45(51)47-8/h13-18,20-21,30-31,37-38H,9-12,19,22-29H2,1-8H3,(H,46,50)(H,47,51). The second-order valence-electron chi connectivity index (χ2n) is 16.1. The highest BCUT2D eigenvalue weighted by Gasteiger charge is 2.34. The molecule has 294 valence electrons. The van der Waals surface area contributed by atoms with Gasteiger partial charge in [0.1, 0.15) is 23.9 Å². The summed E-state index contributed by atoms with van der Waals surface area (Å²) in [7, 11) is 3.42. The molecule has 2 heterocycles. The Kier molecular flexibility index (Phi) is 14.8. The van der Waals surface area contributed by atoms with E-state index in [1.54, 1.807) is 14.1 Å². The summed E-state index contributed by atoms with van der Waals surface area (Å²) in [5.41, 5.74) is 8.29. The van der Waals surface area contributed by atoms with Gasteiger partial charge in [-0.05, 0) is 103 Å². The number of rotatable bonds is 20. The van der Waals surface area contributed by atoms with Crippen LogP contribution in [0.1, 0.15) is 92.3 Å². The number of likely N-dealkylation sites (tertiary alicyclic amines) is 2. The van der Waals surface area contributed by atoms with Crippen molar-refractivity contribution in [3.63, 3.8) is 0 Å². The first-order valence-electron chi connectivity index (χ1n) is 20.1. The number of ether oxygens (including phenoxy) is 3. The second kappa shape index (κ2) is 19.5. The summed E-state index contributed by atoms with van der Waals surface area (Å²) in [6.07, 6.45) is 5.48. The van der Waals surface area contributed by atoms with Gasteiger partial charge in [0.2, 0.25) is 11.8 Å². The van der Waals surface area contributed by atoms with Crippen molar-refractivity contribution in [3.05, 3.63) is 87.5 Å². The Labute approximate surface area is 324 Å². The van der Waals surface area contributed by atoms with Crippen LogP contribution in [-0.2, 0) is 35.7 Å². The fourth-order valence-electron chi connectivity index (χ4n) is 7.55.